The lowest BCUT2D eigenvalue weighted by Crippen LogP contribution is -2.45. The molecule has 0 aliphatic heterocycles. The number of hydrogen-bond donors (Lipinski definition) is 0. The summed E-state index contributed by atoms with van der Waals surface area (Å²) >= 11 is 0. The SMILES string of the molecule is O=[P+](OS(=O)(=O)[O-])OS(=O)(=O)O[n+]1cccnc1. The molecule has 1 atom stereocenters. The minimum Gasteiger partial charge on any atom is -0.722 e. The van der Waals surface area contributed by atoms with E-state index in [1.54, 1.807) is 0 Å². The van der Waals surface area contributed by atoms with Crippen LogP contribution in [-0.4, -0.2) is 26.4 Å². The highest BCUT2D eigenvalue weighted by Gasteiger charge is 2.37. The quantitative estimate of drug-likeness (QED) is 0.254. The Kier molecular flexibility index (Phi) is 4.61. The minimum absolute atomic E-state index is 0.560. The summed E-state index contributed by atoms with van der Waals surface area (Å²) in [6.45, 7) is 0. The molecule has 0 saturated carbocycles. The van der Waals surface area contributed by atoms with Crippen molar-refractivity contribution in [1.82, 2.24) is 4.98 Å². The summed E-state index contributed by atoms with van der Waals surface area (Å²) < 4.78 is 74.3. The highest BCUT2D eigenvalue weighted by molar-refractivity contribution is 7.88. The van der Waals surface area contributed by atoms with Gasteiger partial charge in [0.2, 0.25) is 0 Å². The summed E-state index contributed by atoms with van der Waals surface area (Å²) in [4.78, 5) is 3.48. The first-order chi connectivity index (χ1) is 8.18. The Balaban J connectivity index is 2.69. The van der Waals surface area contributed by atoms with E-state index in [1.807, 2.05) is 0 Å². The molecule has 0 N–H and O–H groups in total. The fourth-order valence-electron chi connectivity index (χ4n) is 0.640. The van der Waals surface area contributed by atoms with Gasteiger partial charge in [-0.05, 0) is 4.73 Å². The van der Waals surface area contributed by atoms with Gasteiger partial charge in [0.15, 0.2) is 0 Å². The van der Waals surface area contributed by atoms with Crippen molar-refractivity contribution in [2.45, 2.75) is 0 Å². The van der Waals surface area contributed by atoms with Crippen molar-refractivity contribution in [3.63, 3.8) is 0 Å². The number of nitrogens with zero attached hydrogens (tertiary/aromatic N) is 2. The zero-order valence-corrected chi connectivity index (χ0v) is 10.7. The van der Waals surface area contributed by atoms with Crippen LogP contribution in [0.5, 0.6) is 0 Å². The van der Waals surface area contributed by atoms with E-state index in [4.69, 9.17) is 0 Å². The fraction of sp³-hybridized carbons (Fsp3) is 0. The van der Waals surface area contributed by atoms with Crippen molar-refractivity contribution < 1.29 is 42.9 Å². The molecule has 1 rings (SSSR count). The molecule has 0 amide bonds. The second-order valence-corrected chi connectivity index (χ2v) is 5.80. The molecule has 100 valence electrons. The van der Waals surface area contributed by atoms with Gasteiger partial charge in [0.25, 0.3) is 10.4 Å². The first-order valence-corrected chi connectivity index (χ1v) is 7.53. The maximum absolute atomic E-state index is 11.0. The lowest BCUT2D eigenvalue weighted by atomic mass is 10.7. The molecule has 0 aliphatic rings. The van der Waals surface area contributed by atoms with Crippen LogP contribution in [-0.2, 0) is 33.3 Å². The van der Waals surface area contributed by atoms with Crippen LogP contribution in [0, 0.1) is 0 Å². The Bertz CT molecular complexity index is 626. The molecule has 0 fully saturated rings. The van der Waals surface area contributed by atoms with E-state index in [2.05, 4.69) is 17.2 Å². The van der Waals surface area contributed by atoms with Gasteiger partial charge in [-0.3, -0.25) is 0 Å². The average molecular weight is 319 g/mol. The summed E-state index contributed by atoms with van der Waals surface area (Å²) in [5.74, 6) is 0. The summed E-state index contributed by atoms with van der Waals surface area (Å²) in [5, 5.41) is 0. The number of aromatic nitrogens is 2. The zero-order valence-electron chi connectivity index (χ0n) is 8.14. The predicted molar refractivity (Wildman–Crippen MR) is 49.4 cm³/mol. The third-order valence-electron chi connectivity index (χ3n) is 1.07. The van der Waals surface area contributed by atoms with Gasteiger partial charge < -0.3 is 4.55 Å². The van der Waals surface area contributed by atoms with Gasteiger partial charge in [0.1, 0.15) is 12.4 Å². The van der Waals surface area contributed by atoms with Crippen LogP contribution < -0.4 is 9.01 Å². The van der Waals surface area contributed by atoms with Crippen molar-refractivity contribution in [3.8, 4) is 0 Å². The summed E-state index contributed by atoms with van der Waals surface area (Å²) in [6, 6.07) is 1.30. The van der Waals surface area contributed by atoms with Crippen molar-refractivity contribution in [2.75, 3.05) is 0 Å². The second kappa shape index (κ2) is 5.60. The first-order valence-electron chi connectivity index (χ1n) is 3.76. The summed E-state index contributed by atoms with van der Waals surface area (Å²) in [6.07, 6.45) is 3.33. The van der Waals surface area contributed by atoms with Crippen LogP contribution in [0.3, 0.4) is 0 Å². The number of hydrogen-bond acceptors (Lipinski definition) is 10. The Labute approximate surface area is 102 Å². The fourth-order valence-corrected chi connectivity index (χ4v) is 2.56. The van der Waals surface area contributed by atoms with E-state index in [0.29, 0.717) is 4.73 Å². The Morgan fingerprint density at radius 2 is 1.89 bits per heavy atom. The molecule has 11 nitrogen and oxygen atoms in total. The van der Waals surface area contributed by atoms with Crippen molar-refractivity contribution in [3.05, 3.63) is 24.8 Å². The van der Waals surface area contributed by atoms with Crippen LogP contribution in [0.1, 0.15) is 0 Å². The Morgan fingerprint density at radius 3 is 2.39 bits per heavy atom. The molecule has 1 aromatic heterocycles. The second-order valence-electron chi connectivity index (χ2n) is 2.38. The van der Waals surface area contributed by atoms with Gasteiger partial charge >= 0.3 is 25.0 Å². The molecule has 0 radical (unpaired) electrons. The zero-order chi connectivity index (χ0) is 13.8. The largest absolute Gasteiger partial charge is 0.733 e. The van der Waals surface area contributed by atoms with Crippen LogP contribution in [0.15, 0.2) is 24.8 Å². The molecule has 0 bridgehead atoms. The minimum atomic E-state index is -5.37. The molecule has 1 unspecified atom stereocenters. The highest BCUT2D eigenvalue weighted by Crippen LogP contribution is 2.28. The molecular weight excluding hydrogens is 315 g/mol. The van der Waals surface area contributed by atoms with E-state index < -0.39 is 29.1 Å². The molecule has 0 aromatic carbocycles. The van der Waals surface area contributed by atoms with Gasteiger partial charge in [-0.15, -0.1) is 0 Å². The van der Waals surface area contributed by atoms with E-state index >= 15 is 0 Å². The van der Waals surface area contributed by atoms with Crippen LogP contribution in [0.25, 0.3) is 0 Å². The normalized spacial score (nSPS) is 13.1. The monoisotopic (exact) mass is 319 g/mol. The van der Waals surface area contributed by atoms with Gasteiger partial charge in [-0.25, -0.2) is 8.42 Å². The lowest BCUT2D eigenvalue weighted by Gasteiger charge is -1.96. The van der Waals surface area contributed by atoms with Crippen LogP contribution in [0.4, 0.5) is 0 Å². The third-order valence-corrected chi connectivity index (χ3v) is 3.86. The number of rotatable bonds is 6. The van der Waals surface area contributed by atoms with Crippen molar-refractivity contribution in [2.24, 2.45) is 0 Å². The highest BCUT2D eigenvalue weighted by atomic mass is 32.3. The Morgan fingerprint density at radius 1 is 1.22 bits per heavy atom. The van der Waals surface area contributed by atoms with Crippen LogP contribution >= 0.6 is 8.25 Å². The topological polar surface area (TPSA) is 153 Å². The molecule has 18 heavy (non-hydrogen) atoms. The average Bonchev–Trinajstić information content (AvgIpc) is 2.13. The molecule has 0 spiro atoms. The molecule has 1 heterocycles. The summed E-state index contributed by atoms with van der Waals surface area (Å²) in [5.41, 5.74) is 0. The maximum Gasteiger partial charge on any atom is 0.733 e. The van der Waals surface area contributed by atoms with Gasteiger partial charge in [-0.1, -0.05) is 4.98 Å². The van der Waals surface area contributed by atoms with Crippen molar-refractivity contribution >= 4 is 29.1 Å². The third kappa shape index (κ3) is 5.90. The van der Waals surface area contributed by atoms with E-state index in [-0.39, 0.29) is 0 Å². The standard InChI is InChI=1S/C4H4N2O9PS2/c7-16(14-17(8,9)10)15-18(11,12)13-6-3-1-2-5-4-6/h1-4H/q+1. The summed E-state index contributed by atoms with van der Waals surface area (Å²) in [7, 11) is -14.0. The molecular formula is C4H4N2O9PS2+. The lowest BCUT2D eigenvalue weighted by molar-refractivity contribution is -0.859. The van der Waals surface area contributed by atoms with Gasteiger partial charge in [0, 0.05) is 14.6 Å². The maximum atomic E-state index is 11.0. The molecule has 1 aromatic rings. The van der Waals surface area contributed by atoms with E-state index in [9.17, 15) is 26.0 Å². The smallest absolute Gasteiger partial charge is 0.722 e. The van der Waals surface area contributed by atoms with Crippen molar-refractivity contribution in [1.29, 1.82) is 0 Å². The molecule has 0 aliphatic carbocycles. The van der Waals surface area contributed by atoms with Crippen LogP contribution in [0.2, 0.25) is 0 Å². The Hall–Kier alpha value is -1.24. The first kappa shape index (κ1) is 14.8. The van der Waals surface area contributed by atoms with Gasteiger partial charge in [-0.2, -0.15) is 12.7 Å². The van der Waals surface area contributed by atoms with E-state index in [0.717, 1.165) is 12.5 Å². The van der Waals surface area contributed by atoms with Gasteiger partial charge in [0.05, 0.1) is 3.97 Å². The predicted octanol–water partition coefficient (Wildman–Crippen LogP) is -1.81. The van der Waals surface area contributed by atoms with E-state index in [1.165, 1.54) is 12.3 Å². The molecule has 0 saturated heterocycles. The molecule has 14 heteroatoms.